The quantitative estimate of drug-likeness (QED) is 0.0650. The number of hydrogen-bond donors (Lipinski definition) is 2. The second-order valence-electron chi connectivity index (χ2n) is 17.7. The zero-order chi connectivity index (χ0) is 48.0. The van der Waals surface area contributed by atoms with Crippen LogP contribution in [-0.4, -0.2) is 86.9 Å². The van der Waals surface area contributed by atoms with Crippen molar-refractivity contribution in [2.45, 2.75) is 140 Å². The Morgan fingerprint density at radius 2 is 1.54 bits per heavy atom. The highest BCUT2D eigenvalue weighted by Crippen LogP contribution is 2.46. The van der Waals surface area contributed by atoms with E-state index in [2.05, 4.69) is 10.6 Å². The van der Waals surface area contributed by atoms with E-state index in [1.165, 1.54) is 12.1 Å². The molecule has 3 atom stereocenters. The van der Waals surface area contributed by atoms with Gasteiger partial charge in [-0.25, -0.2) is 14.1 Å². The maximum atomic E-state index is 13.8. The first-order valence-corrected chi connectivity index (χ1v) is 22.9. The minimum Gasteiger partial charge on any atom is -0.427 e. The highest BCUT2D eigenvalue weighted by atomic mass is 19.4. The Hall–Kier alpha value is -6.46. The number of carbonyl (C=O) groups excluding carboxylic acids is 8. The van der Waals surface area contributed by atoms with Gasteiger partial charge in [-0.2, -0.15) is 13.2 Å². The number of piperidine rings is 1. The maximum absolute atomic E-state index is 13.8. The highest BCUT2D eigenvalue weighted by molar-refractivity contribution is 6.24. The van der Waals surface area contributed by atoms with Gasteiger partial charge >= 0.3 is 12.3 Å². The molecule has 2 fully saturated rings. The van der Waals surface area contributed by atoms with Crippen molar-refractivity contribution in [2.75, 3.05) is 11.9 Å². The molecule has 18 heteroatoms. The number of rotatable bonds is 20. The number of fused-ring (bicyclic) bond motifs is 3. The lowest BCUT2D eigenvalue weighted by Crippen LogP contribution is -2.54. The number of imide groups is 3. The minimum absolute atomic E-state index is 0.0479. The molecule has 1 aliphatic carbocycles. The van der Waals surface area contributed by atoms with Crippen molar-refractivity contribution in [1.29, 1.82) is 0 Å². The molecule has 0 saturated carbocycles. The number of amides is 8. The minimum atomic E-state index is -4.82. The number of hydrogen-bond acceptors (Lipinski definition) is 9. The fraction of sp³-hybridized carbons (Fsp3) is 0.469. The van der Waals surface area contributed by atoms with Crippen molar-refractivity contribution in [2.24, 2.45) is 0 Å². The molecule has 3 heterocycles. The van der Waals surface area contributed by atoms with Crippen molar-refractivity contribution in [3.05, 3.63) is 99.9 Å². The van der Waals surface area contributed by atoms with Crippen molar-refractivity contribution in [3.63, 3.8) is 0 Å². The number of alkyl halides is 3. The predicted octanol–water partition coefficient (Wildman–Crippen LogP) is 7.80. The molecular weight excluding hydrogens is 879 g/mol. The molecular formula is C49H53F4N5O9. The molecule has 8 amide bonds. The summed E-state index contributed by atoms with van der Waals surface area (Å²) in [6.45, 7) is -0.745. The van der Waals surface area contributed by atoms with Gasteiger partial charge in [-0.3, -0.25) is 43.8 Å². The van der Waals surface area contributed by atoms with Crippen molar-refractivity contribution in [1.82, 2.24) is 20.0 Å². The standard InChI is InChI=1S/C49H53F4N5O9/c1-30(49(51,52)53)56(28-31-17-19-34(50)20-18-31)41(61)29-57-46(65)48(67-47(57)66)26-25-33-27-35(21-22-37(33)48)54-39(59)16-11-9-7-5-3-2-4-6-8-10-13-32-14-12-15-36-42(32)45(64)58(44(36)63)38-23-24-40(60)55-43(38)62/h12,14-15,17-22,27,30,38H,2-11,13,16,23-26,28-29H2,1H3,(H,54,59)(H,55,60,62)/t30-,38?,48+/m0/s1. The average molecular weight is 932 g/mol. The number of ether oxygens (including phenoxy) is 1. The third-order valence-corrected chi connectivity index (χ3v) is 13.1. The van der Waals surface area contributed by atoms with E-state index in [1.54, 1.807) is 30.3 Å². The molecule has 2 saturated heterocycles. The summed E-state index contributed by atoms with van der Waals surface area (Å²) in [7, 11) is 0. The van der Waals surface area contributed by atoms with Crippen LogP contribution < -0.4 is 10.6 Å². The lowest BCUT2D eigenvalue weighted by atomic mass is 9.94. The molecule has 0 radical (unpaired) electrons. The zero-order valence-electron chi connectivity index (χ0n) is 37.2. The third kappa shape index (κ3) is 10.7. The van der Waals surface area contributed by atoms with Crippen LogP contribution in [0.4, 0.5) is 28.0 Å². The topological polar surface area (TPSA) is 180 Å². The lowest BCUT2D eigenvalue weighted by molar-refractivity contribution is -0.187. The Labute approximate surface area is 384 Å². The van der Waals surface area contributed by atoms with Gasteiger partial charge in [0.1, 0.15) is 24.4 Å². The van der Waals surface area contributed by atoms with Crippen LogP contribution in [0.2, 0.25) is 0 Å². The fourth-order valence-electron chi connectivity index (χ4n) is 9.39. The first-order valence-electron chi connectivity index (χ1n) is 22.9. The molecule has 3 aliphatic heterocycles. The number of nitrogens with one attached hydrogen (secondary N) is 2. The summed E-state index contributed by atoms with van der Waals surface area (Å²) in [6, 6.07) is 11.4. The van der Waals surface area contributed by atoms with E-state index in [9.17, 15) is 55.9 Å². The van der Waals surface area contributed by atoms with Crippen LogP contribution in [0.25, 0.3) is 0 Å². The Bertz CT molecular complexity index is 2440. The van der Waals surface area contributed by atoms with Crippen LogP contribution in [0.15, 0.2) is 60.7 Å². The molecule has 7 rings (SSSR count). The van der Waals surface area contributed by atoms with E-state index in [-0.39, 0.29) is 30.7 Å². The zero-order valence-corrected chi connectivity index (χ0v) is 37.2. The molecule has 14 nitrogen and oxygen atoms in total. The third-order valence-electron chi connectivity index (χ3n) is 13.1. The summed E-state index contributed by atoms with van der Waals surface area (Å²) in [5.74, 6) is -4.83. The van der Waals surface area contributed by atoms with Gasteiger partial charge in [0.05, 0.1) is 11.1 Å². The average Bonchev–Trinajstić information content (AvgIpc) is 3.86. The second-order valence-corrected chi connectivity index (χ2v) is 17.7. The SMILES string of the molecule is C[C@H](N(Cc1ccc(F)cc1)C(=O)CN1C(=O)O[C@@]2(CCc3cc(NC(=O)CCCCCCCCCCCCc4cccc5c4C(=O)N(C4CCC(=O)NC4=O)C5=O)ccc32)C1=O)C(F)(F)F. The van der Waals surface area contributed by atoms with E-state index in [0.29, 0.717) is 63.4 Å². The van der Waals surface area contributed by atoms with E-state index < -0.39 is 84.3 Å². The van der Waals surface area contributed by atoms with E-state index in [1.807, 2.05) is 6.07 Å². The summed E-state index contributed by atoms with van der Waals surface area (Å²) in [5.41, 5.74) is 1.41. The summed E-state index contributed by atoms with van der Waals surface area (Å²) in [6.07, 6.45) is 5.17. The Morgan fingerprint density at radius 1 is 0.866 bits per heavy atom. The molecule has 0 bridgehead atoms. The number of benzene rings is 3. The number of unbranched alkanes of at least 4 members (excludes halogenated alkanes) is 9. The second kappa shape index (κ2) is 20.6. The fourth-order valence-corrected chi connectivity index (χ4v) is 9.39. The number of nitrogens with zero attached hydrogens (tertiary/aromatic N) is 3. The summed E-state index contributed by atoms with van der Waals surface area (Å²) < 4.78 is 60.5. The van der Waals surface area contributed by atoms with Gasteiger partial charge in [-0.1, -0.05) is 81.7 Å². The van der Waals surface area contributed by atoms with Crippen LogP contribution in [0.5, 0.6) is 0 Å². The van der Waals surface area contributed by atoms with Crippen molar-refractivity contribution < 1.29 is 60.7 Å². The van der Waals surface area contributed by atoms with Crippen LogP contribution >= 0.6 is 0 Å². The first kappa shape index (κ1) is 48.5. The van der Waals surface area contributed by atoms with Gasteiger partial charge in [0.15, 0.2) is 0 Å². The van der Waals surface area contributed by atoms with Crippen molar-refractivity contribution in [3.8, 4) is 0 Å². The molecule has 4 aliphatic rings. The van der Waals surface area contributed by atoms with Crippen LogP contribution in [0.3, 0.4) is 0 Å². The molecule has 2 N–H and O–H groups in total. The molecule has 1 spiro atoms. The Balaban J connectivity index is 0.786. The van der Waals surface area contributed by atoms with Crippen molar-refractivity contribution >= 4 is 53.1 Å². The molecule has 1 unspecified atom stereocenters. The normalized spacial score (nSPS) is 19.4. The largest absolute Gasteiger partial charge is 0.427 e. The van der Waals surface area contributed by atoms with Gasteiger partial charge in [-0.15, -0.1) is 0 Å². The Kier molecular flexibility index (Phi) is 14.9. The number of anilines is 1. The summed E-state index contributed by atoms with van der Waals surface area (Å²) >= 11 is 0. The van der Waals surface area contributed by atoms with E-state index in [4.69, 9.17) is 4.74 Å². The van der Waals surface area contributed by atoms with Crippen LogP contribution in [0, 0.1) is 5.82 Å². The molecule has 0 aromatic heterocycles. The van der Waals surface area contributed by atoms with Gasteiger partial charge in [0, 0.05) is 37.1 Å². The molecule has 3 aromatic carbocycles. The van der Waals surface area contributed by atoms with E-state index in [0.717, 1.165) is 87.3 Å². The van der Waals surface area contributed by atoms with Gasteiger partial charge in [0.25, 0.3) is 17.7 Å². The number of carbonyl (C=O) groups is 8. The monoisotopic (exact) mass is 931 g/mol. The lowest BCUT2D eigenvalue weighted by Gasteiger charge is -2.31. The number of aryl methyl sites for hydroxylation is 2. The number of halogens is 4. The van der Waals surface area contributed by atoms with Gasteiger partial charge in [0.2, 0.25) is 29.2 Å². The van der Waals surface area contributed by atoms with Crippen LogP contribution in [0.1, 0.15) is 140 Å². The van der Waals surface area contributed by atoms with Gasteiger partial charge < -0.3 is 15.0 Å². The van der Waals surface area contributed by atoms with E-state index >= 15 is 0 Å². The molecule has 67 heavy (non-hydrogen) atoms. The van der Waals surface area contributed by atoms with Gasteiger partial charge in [-0.05, 0) is 86.1 Å². The summed E-state index contributed by atoms with van der Waals surface area (Å²) in [4.78, 5) is 105. The Morgan fingerprint density at radius 3 is 2.21 bits per heavy atom. The smallest absolute Gasteiger partial charge is 0.418 e. The highest BCUT2D eigenvalue weighted by Gasteiger charge is 2.59. The molecule has 3 aromatic rings. The van der Waals surface area contributed by atoms with Crippen LogP contribution in [-0.2, 0) is 53.7 Å². The maximum Gasteiger partial charge on any atom is 0.418 e. The summed E-state index contributed by atoms with van der Waals surface area (Å²) in [5, 5.41) is 5.10. The molecule has 356 valence electrons. The first-order chi connectivity index (χ1) is 32.0. The predicted molar refractivity (Wildman–Crippen MR) is 233 cm³/mol.